The lowest BCUT2D eigenvalue weighted by atomic mass is 9.44. The van der Waals surface area contributed by atoms with E-state index in [2.05, 4.69) is 20.8 Å². The van der Waals surface area contributed by atoms with E-state index >= 15 is 4.79 Å². The summed E-state index contributed by atoms with van der Waals surface area (Å²) in [7, 11) is -2.53. The number of hydrogen-bond donors (Lipinski definition) is 2. The highest BCUT2D eigenvalue weighted by Gasteiger charge is 2.78. The standard InChI is InChI=1S/C40H57NO12Si/c1-9-54(10-2,11-3)53-28-21-29-39(23-49-29,52-25(5)42)32-34(51-35(45)26-15-13-12-14-16-26)40(47)22-27(43)24(4)30(37(40,6)7)31(33(44)38(28,32)8)50-36(46)41-17-19-48-20-18-41/h12-16,27-29,31-32,34,43,47H,9-11,17-23H2,1-8H3/t27-,28-,29+,31+,32-,34-,38+,39-,40+/m0/s1. The van der Waals surface area contributed by atoms with E-state index in [1.165, 1.54) is 11.8 Å². The molecule has 1 aromatic carbocycles. The van der Waals surface area contributed by atoms with Crippen molar-refractivity contribution < 1.29 is 57.5 Å². The van der Waals surface area contributed by atoms with Crippen LogP contribution in [0.3, 0.4) is 0 Å². The number of morpholine rings is 1. The third-order valence-corrected chi connectivity index (χ3v) is 18.4. The molecule has 2 bridgehead atoms. The first-order valence-corrected chi connectivity index (χ1v) is 21.9. The van der Waals surface area contributed by atoms with Crippen LogP contribution >= 0.6 is 0 Å². The topological polar surface area (TPSA) is 167 Å². The van der Waals surface area contributed by atoms with Gasteiger partial charge in [-0.3, -0.25) is 9.59 Å². The first-order chi connectivity index (χ1) is 25.5. The smallest absolute Gasteiger partial charge is 0.410 e. The van der Waals surface area contributed by atoms with Crippen molar-refractivity contribution in [3.05, 3.63) is 47.0 Å². The van der Waals surface area contributed by atoms with E-state index in [1.54, 1.807) is 58.0 Å². The molecule has 2 saturated carbocycles. The van der Waals surface area contributed by atoms with Crippen molar-refractivity contribution in [1.29, 1.82) is 0 Å². The van der Waals surface area contributed by atoms with Gasteiger partial charge in [-0.2, -0.15) is 0 Å². The van der Waals surface area contributed by atoms with E-state index in [0.29, 0.717) is 18.8 Å². The third-order valence-electron chi connectivity index (χ3n) is 13.7. The first kappa shape index (κ1) is 40.5. The second-order valence-electron chi connectivity index (χ2n) is 16.5. The van der Waals surface area contributed by atoms with Crippen LogP contribution < -0.4 is 0 Å². The zero-order valence-corrected chi connectivity index (χ0v) is 33.8. The summed E-state index contributed by atoms with van der Waals surface area (Å²) in [6.45, 7) is 15.3. The summed E-state index contributed by atoms with van der Waals surface area (Å²) in [5, 5.41) is 25.3. The number of amides is 1. The summed E-state index contributed by atoms with van der Waals surface area (Å²) in [4.78, 5) is 59.0. The number of ether oxygens (including phenoxy) is 5. The van der Waals surface area contributed by atoms with Gasteiger partial charge in [0, 0.05) is 38.3 Å². The minimum absolute atomic E-state index is 0.145. The van der Waals surface area contributed by atoms with E-state index in [9.17, 15) is 24.6 Å². The van der Waals surface area contributed by atoms with Gasteiger partial charge in [-0.25, -0.2) is 9.59 Å². The molecule has 14 heteroatoms. The van der Waals surface area contributed by atoms with E-state index in [1.807, 2.05) is 0 Å². The number of aliphatic hydroxyl groups is 2. The molecule has 3 aliphatic carbocycles. The largest absolute Gasteiger partial charge is 0.455 e. The molecule has 13 nitrogen and oxygen atoms in total. The number of hydrogen-bond acceptors (Lipinski definition) is 12. The molecule has 0 unspecified atom stereocenters. The molecule has 298 valence electrons. The van der Waals surface area contributed by atoms with Crippen molar-refractivity contribution in [1.82, 2.24) is 4.90 Å². The van der Waals surface area contributed by atoms with Gasteiger partial charge in [-0.15, -0.1) is 0 Å². The Kier molecular flexibility index (Phi) is 11.1. The second-order valence-corrected chi connectivity index (χ2v) is 21.2. The van der Waals surface area contributed by atoms with Crippen LogP contribution in [-0.2, 0) is 37.7 Å². The predicted octanol–water partition coefficient (Wildman–Crippen LogP) is 4.59. The zero-order chi connectivity index (χ0) is 39.4. The molecule has 4 fully saturated rings. The summed E-state index contributed by atoms with van der Waals surface area (Å²) >= 11 is 0. The molecule has 2 N–H and O–H groups in total. The molecule has 5 aliphatic rings. The number of Topliss-reactive ketones (excluding diaryl/α,β-unsaturated/α-hetero) is 1. The summed E-state index contributed by atoms with van der Waals surface area (Å²) in [6.07, 6.45) is -6.99. The monoisotopic (exact) mass is 771 g/mol. The average Bonchev–Trinajstić information content (AvgIpc) is 3.15. The molecule has 1 aromatic rings. The van der Waals surface area contributed by atoms with Crippen molar-refractivity contribution in [3.8, 4) is 0 Å². The number of benzene rings is 1. The Bertz CT molecular complexity index is 1650. The lowest BCUT2D eigenvalue weighted by Gasteiger charge is -2.68. The highest BCUT2D eigenvalue weighted by molar-refractivity contribution is 6.73. The van der Waals surface area contributed by atoms with Gasteiger partial charge in [0.1, 0.15) is 17.8 Å². The van der Waals surface area contributed by atoms with Gasteiger partial charge in [-0.05, 0) is 55.3 Å². The molecule has 2 heterocycles. The Morgan fingerprint density at radius 2 is 1.63 bits per heavy atom. The highest BCUT2D eigenvalue weighted by Crippen LogP contribution is 2.65. The molecular weight excluding hydrogens is 715 g/mol. The lowest BCUT2D eigenvalue weighted by Crippen LogP contribution is -2.82. The minimum Gasteiger partial charge on any atom is -0.455 e. The van der Waals surface area contributed by atoms with Gasteiger partial charge in [0.2, 0.25) is 0 Å². The quantitative estimate of drug-likeness (QED) is 0.155. The fraction of sp³-hybridized carbons (Fsp3) is 0.700. The Hall–Kier alpha value is -3.14. The Labute approximate surface area is 318 Å². The van der Waals surface area contributed by atoms with Crippen molar-refractivity contribution in [3.63, 3.8) is 0 Å². The fourth-order valence-corrected chi connectivity index (χ4v) is 13.1. The highest BCUT2D eigenvalue weighted by atomic mass is 28.4. The Balaban J connectivity index is 1.65. The minimum atomic E-state index is -2.53. The molecule has 9 atom stereocenters. The number of carbonyl (C=O) groups is 4. The molecular formula is C40H57NO12Si. The van der Waals surface area contributed by atoms with Crippen molar-refractivity contribution in [2.24, 2.45) is 16.7 Å². The van der Waals surface area contributed by atoms with Gasteiger partial charge >= 0.3 is 18.0 Å². The first-order valence-electron chi connectivity index (χ1n) is 19.4. The van der Waals surface area contributed by atoms with Crippen LogP contribution in [0.25, 0.3) is 0 Å². The fourth-order valence-electron chi connectivity index (χ4n) is 10.1. The van der Waals surface area contributed by atoms with Crippen molar-refractivity contribution >= 4 is 32.1 Å². The van der Waals surface area contributed by atoms with E-state index in [4.69, 9.17) is 28.1 Å². The van der Waals surface area contributed by atoms with E-state index in [-0.39, 0.29) is 43.7 Å². The van der Waals surface area contributed by atoms with Gasteiger partial charge < -0.3 is 43.2 Å². The third kappa shape index (κ3) is 6.25. The van der Waals surface area contributed by atoms with Crippen LogP contribution in [0.5, 0.6) is 0 Å². The number of ketones is 1. The van der Waals surface area contributed by atoms with Crippen LogP contribution in [0.2, 0.25) is 18.1 Å². The number of carbonyl (C=O) groups excluding carboxylic acids is 4. The maximum absolute atomic E-state index is 16.1. The number of fused-ring (bicyclic) bond motifs is 5. The summed E-state index contributed by atoms with van der Waals surface area (Å²) < 4.78 is 38.1. The van der Waals surface area contributed by atoms with Gasteiger partial charge in [-0.1, -0.05) is 52.8 Å². The molecule has 0 radical (unpaired) electrons. The van der Waals surface area contributed by atoms with Crippen LogP contribution in [0.1, 0.15) is 78.6 Å². The van der Waals surface area contributed by atoms with E-state index < -0.39 is 90.6 Å². The predicted molar refractivity (Wildman–Crippen MR) is 198 cm³/mol. The normalized spacial score (nSPS) is 36.1. The molecule has 1 amide bonds. The van der Waals surface area contributed by atoms with Crippen LogP contribution in [0, 0.1) is 16.7 Å². The Morgan fingerprint density at radius 3 is 2.19 bits per heavy atom. The number of esters is 2. The molecule has 0 spiro atoms. The van der Waals surface area contributed by atoms with E-state index in [0.717, 1.165) is 18.1 Å². The maximum Gasteiger partial charge on any atom is 0.410 e. The molecule has 2 aliphatic heterocycles. The Morgan fingerprint density at radius 1 is 1.00 bits per heavy atom. The van der Waals surface area contributed by atoms with Crippen LogP contribution in [0.4, 0.5) is 4.79 Å². The van der Waals surface area contributed by atoms with Crippen molar-refractivity contribution in [2.45, 2.75) is 128 Å². The van der Waals surface area contributed by atoms with Crippen molar-refractivity contribution in [2.75, 3.05) is 32.9 Å². The number of aliphatic hydroxyl groups excluding tert-OH is 1. The molecule has 2 saturated heterocycles. The molecule has 54 heavy (non-hydrogen) atoms. The second kappa shape index (κ2) is 14.7. The summed E-state index contributed by atoms with van der Waals surface area (Å²) in [6, 6.07) is 10.6. The van der Waals surface area contributed by atoms with Gasteiger partial charge in [0.25, 0.3) is 0 Å². The molecule has 6 rings (SSSR count). The number of rotatable bonds is 9. The number of nitrogens with zero attached hydrogens (tertiary/aromatic N) is 1. The van der Waals surface area contributed by atoms with Crippen LogP contribution in [-0.4, -0.2) is 122 Å². The lowest BCUT2D eigenvalue weighted by molar-refractivity contribution is -0.344. The molecule has 0 aromatic heterocycles. The maximum atomic E-state index is 16.1. The summed E-state index contributed by atoms with van der Waals surface area (Å²) in [5.74, 6) is -3.24. The zero-order valence-electron chi connectivity index (χ0n) is 32.8. The van der Waals surface area contributed by atoms with Gasteiger partial charge in [0.15, 0.2) is 25.8 Å². The SMILES string of the molecule is CC[Si](CC)(CC)O[C@H]1C[C@H]2OC[C@@]2(OC(C)=O)[C@H]2[C@H](OC(=O)c3ccccc3)[C@]3(O)C[C@H](O)C(C)=C([C@@H](OC(=O)N4CCOCC4)C(=O)[C@]12C)C3(C)C. The van der Waals surface area contributed by atoms with Crippen LogP contribution in [0.15, 0.2) is 41.5 Å². The average molecular weight is 772 g/mol. The van der Waals surface area contributed by atoms with Gasteiger partial charge in [0.05, 0.1) is 48.9 Å². The summed E-state index contributed by atoms with van der Waals surface area (Å²) in [5.41, 5.74) is -6.01.